The first kappa shape index (κ1) is 12.6. The summed E-state index contributed by atoms with van der Waals surface area (Å²) in [6.07, 6.45) is 2.79. The maximum absolute atomic E-state index is 5.80. The third kappa shape index (κ3) is 2.36. The molecule has 5 heteroatoms. The molecule has 0 spiro atoms. The molecule has 2 rings (SSSR count). The van der Waals surface area contributed by atoms with E-state index in [1.807, 2.05) is 22.9 Å². The molecular weight excluding hydrogens is 228 g/mol. The lowest BCUT2D eigenvalue weighted by Gasteiger charge is -2.11. The van der Waals surface area contributed by atoms with Crippen molar-refractivity contribution in [2.24, 2.45) is 5.73 Å². The van der Waals surface area contributed by atoms with Crippen LogP contribution in [0.3, 0.4) is 0 Å². The normalized spacial score (nSPS) is 10.6. The van der Waals surface area contributed by atoms with Gasteiger partial charge in [0.2, 0.25) is 0 Å². The highest BCUT2D eigenvalue weighted by Gasteiger charge is 2.11. The molecule has 18 heavy (non-hydrogen) atoms. The van der Waals surface area contributed by atoms with Crippen LogP contribution < -0.4 is 10.5 Å². The number of nitrogens with zero attached hydrogens (tertiary/aromatic N) is 3. The topological polar surface area (TPSA) is 66.0 Å². The summed E-state index contributed by atoms with van der Waals surface area (Å²) in [7, 11) is 1.65. The average Bonchev–Trinajstić information content (AvgIpc) is 2.86. The van der Waals surface area contributed by atoms with Gasteiger partial charge in [-0.2, -0.15) is 0 Å². The molecule has 0 radical (unpaired) electrons. The van der Waals surface area contributed by atoms with Crippen LogP contribution in [0.15, 0.2) is 24.4 Å². The van der Waals surface area contributed by atoms with Crippen LogP contribution >= 0.6 is 0 Å². The van der Waals surface area contributed by atoms with Gasteiger partial charge >= 0.3 is 0 Å². The van der Waals surface area contributed by atoms with Gasteiger partial charge in [-0.1, -0.05) is 12.1 Å². The summed E-state index contributed by atoms with van der Waals surface area (Å²) >= 11 is 0. The number of hydrogen-bond donors (Lipinski definition) is 1. The summed E-state index contributed by atoms with van der Waals surface area (Å²) in [5, 5.41) is 8.07. The maximum Gasteiger partial charge on any atom is 0.119 e. The van der Waals surface area contributed by atoms with Gasteiger partial charge in [-0.15, -0.1) is 5.10 Å². The van der Waals surface area contributed by atoms with E-state index in [0.29, 0.717) is 6.54 Å². The van der Waals surface area contributed by atoms with E-state index in [2.05, 4.69) is 17.2 Å². The van der Waals surface area contributed by atoms with Gasteiger partial charge in [0.05, 0.1) is 19.0 Å². The van der Waals surface area contributed by atoms with Crippen molar-refractivity contribution >= 4 is 0 Å². The summed E-state index contributed by atoms with van der Waals surface area (Å²) < 4.78 is 7.12. The van der Waals surface area contributed by atoms with E-state index in [4.69, 9.17) is 10.5 Å². The molecule has 0 saturated carbocycles. The van der Waals surface area contributed by atoms with Crippen LogP contribution in [0.5, 0.6) is 5.75 Å². The summed E-state index contributed by atoms with van der Waals surface area (Å²) in [6.45, 7) is 3.43. The van der Waals surface area contributed by atoms with Crippen LogP contribution in [0.25, 0.3) is 11.3 Å². The van der Waals surface area contributed by atoms with Crippen molar-refractivity contribution in [1.82, 2.24) is 15.0 Å². The largest absolute Gasteiger partial charge is 0.497 e. The summed E-state index contributed by atoms with van der Waals surface area (Å²) in [6, 6.07) is 5.89. The maximum atomic E-state index is 5.80. The Morgan fingerprint density at radius 2 is 2.22 bits per heavy atom. The average molecular weight is 246 g/mol. The van der Waals surface area contributed by atoms with Crippen molar-refractivity contribution in [3.8, 4) is 17.0 Å². The molecule has 0 amide bonds. The van der Waals surface area contributed by atoms with Gasteiger partial charge in [0.1, 0.15) is 5.75 Å². The van der Waals surface area contributed by atoms with Crippen molar-refractivity contribution in [3.05, 3.63) is 30.0 Å². The zero-order valence-corrected chi connectivity index (χ0v) is 10.8. The van der Waals surface area contributed by atoms with Crippen LogP contribution in [0, 0.1) is 0 Å². The molecule has 1 aromatic carbocycles. The van der Waals surface area contributed by atoms with Gasteiger partial charge < -0.3 is 10.5 Å². The Hall–Kier alpha value is -1.88. The molecule has 96 valence electrons. The molecule has 0 aliphatic rings. The molecule has 5 nitrogen and oxygen atoms in total. The molecule has 0 unspecified atom stereocenters. The molecule has 0 atom stereocenters. The number of benzene rings is 1. The van der Waals surface area contributed by atoms with E-state index < -0.39 is 0 Å². The predicted molar refractivity (Wildman–Crippen MR) is 70.2 cm³/mol. The second kappa shape index (κ2) is 5.64. The molecular formula is C13H18N4O. The van der Waals surface area contributed by atoms with Crippen molar-refractivity contribution < 1.29 is 4.74 Å². The number of nitrogens with two attached hydrogens (primary N) is 1. The van der Waals surface area contributed by atoms with Crippen LogP contribution in [-0.4, -0.2) is 22.1 Å². The van der Waals surface area contributed by atoms with Crippen LogP contribution in [0.4, 0.5) is 0 Å². The van der Waals surface area contributed by atoms with E-state index in [1.165, 1.54) is 0 Å². The van der Waals surface area contributed by atoms with Crippen molar-refractivity contribution in [2.45, 2.75) is 26.4 Å². The number of methoxy groups -OCH3 is 1. The SMILES string of the molecule is CCCn1nncc1-c1ccc(OC)cc1CN. The van der Waals surface area contributed by atoms with E-state index in [1.54, 1.807) is 13.3 Å². The lowest BCUT2D eigenvalue weighted by atomic mass is 10.0. The van der Waals surface area contributed by atoms with Gasteiger partial charge in [0.15, 0.2) is 0 Å². The summed E-state index contributed by atoms with van der Waals surface area (Å²) in [4.78, 5) is 0. The van der Waals surface area contributed by atoms with Crippen LogP contribution in [0.2, 0.25) is 0 Å². The van der Waals surface area contributed by atoms with Gasteiger partial charge in [-0.3, -0.25) is 0 Å². The second-order valence-electron chi connectivity index (χ2n) is 4.07. The van der Waals surface area contributed by atoms with E-state index in [0.717, 1.165) is 35.5 Å². The molecule has 0 fully saturated rings. The minimum Gasteiger partial charge on any atom is -0.497 e. The standard InChI is InChI=1S/C13H18N4O/c1-3-6-17-13(9-15-16-17)12-5-4-11(18-2)7-10(12)8-14/h4-5,7,9H,3,6,8,14H2,1-2H3. The quantitative estimate of drug-likeness (QED) is 0.874. The van der Waals surface area contributed by atoms with Crippen molar-refractivity contribution in [2.75, 3.05) is 7.11 Å². The highest BCUT2D eigenvalue weighted by atomic mass is 16.5. The lowest BCUT2D eigenvalue weighted by Crippen LogP contribution is -2.05. The van der Waals surface area contributed by atoms with E-state index >= 15 is 0 Å². The first-order valence-electron chi connectivity index (χ1n) is 6.06. The zero-order chi connectivity index (χ0) is 13.0. The van der Waals surface area contributed by atoms with Gasteiger partial charge in [-0.05, 0) is 30.2 Å². The van der Waals surface area contributed by atoms with Gasteiger partial charge in [0.25, 0.3) is 0 Å². The van der Waals surface area contributed by atoms with Crippen LogP contribution in [-0.2, 0) is 13.1 Å². The highest BCUT2D eigenvalue weighted by Crippen LogP contribution is 2.26. The Bertz CT molecular complexity index is 521. The van der Waals surface area contributed by atoms with E-state index in [-0.39, 0.29) is 0 Å². The first-order chi connectivity index (χ1) is 8.80. The van der Waals surface area contributed by atoms with Crippen molar-refractivity contribution in [3.63, 3.8) is 0 Å². The molecule has 2 N–H and O–H groups in total. The van der Waals surface area contributed by atoms with Gasteiger partial charge in [0, 0.05) is 18.7 Å². The number of rotatable bonds is 5. The fourth-order valence-corrected chi connectivity index (χ4v) is 1.96. The molecule has 0 saturated heterocycles. The Morgan fingerprint density at radius 3 is 2.89 bits per heavy atom. The Morgan fingerprint density at radius 1 is 1.39 bits per heavy atom. The Balaban J connectivity index is 2.46. The van der Waals surface area contributed by atoms with Crippen molar-refractivity contribution in [1.29, 1.82) is 0 Å². The smallest absolute Gasteiger partial charge is 0.119 e. The van der Waals surface area contributed by atoms with E-state index in [9.17, 15) is 0 Å². The molecule has 1 heterocycles. The van der Waals surface area contributed by atoms with Crippen LogP contribution in [0.1, 0.15) is 18.9 Å². The first-order valence-corrected chi connectivity index (χ1v) is 6.06. The number of ether oxygens (including phenoxy) is 1. The second-order valence-corrected chi connectivity index (χ2v) is 4.07. The monoisotopic (exact) mass is 246 g/mol. The fraction of sp³-hybridized carbons (Fsp3) is 0.385. The third-order valence-corrected chi connectivity index (χ3v) is 2.86. The lowest BCUT2D eigenvalue weighted by molar-refractivity contribution is 0.414. The molecule has 1 aromatic heterocycles. The summed E-state index contributed by atoms with van der Waals surface area (Å²) in [5.41, 5.74) is 8.90. The minimum atomic E-state index is 0.462. The number of aromatic nitrogens is 3. The molecule has 0 aliphatic carbocycles. The highest BCUT2D eigenvalue weighted by molar-refractivity contribution is 5.64. The number of hydrogen-bond acceptors (Lipinski definition) is 4. The fourth-order valence-electron chi connectivity index (χ4n) is 1.96. The Labute approximate surface area is 107 Å². The third-order valence-electron chi connectivity index (χ3n) is 2.86. The molecule has 0 aliphatic heterocycles. The molecule has 2 aromatic rings. The Kier molecular flexibility index (Phi) is 3.94. The summed E-state index contributed by atoms with van der Waals surface area (Å²) in [5.74, 6) is 0.814. The minimum absolute atomic E-state index is 0.462. The van der Waals surface area contributed by atoms with Gasteiger partial charge in [-0.25, -0.2) is 4.68 Å². The predicted octanol–water partition coefficient (Wildman–Crippen LogP) is 1.82. The molecule has 0 bridgehead atoms. The number of aryl methyl sites for hydroxylation is 1. The zero-order valence-electron chi connectivity index (χ0n) is 10.8.